The van der Waals surface area contributed by atoms with Crippen molar-refractivity contribution >= 4 is 12.0 Å². The molecule has 1 fully saturated rings. The predicted molar refractivity (Wildman–Crippen MR) is 151 cm³/mol. The fourth-order valence-electron chi connectivity index (χ4n) is 4.64. The molecule has 8 nitrogen and oxygen atoms in total. The molecule has 0 unspecified atom stereocenters. The Morgan fingerprint density at radius 1 is 1.03 bits per heavy atom. The summed E-state index contributed by atoms with van der Waals surface area (Å²) in [5.41, 5.74) is 0.995. The number of nitrogens with zero attached hydrogens (tertiary/aromatic N) is 2. The molecule has 1 saturated heterocycles. The Hall–Kier alpha value is -3.26. The Morgan fingerprint density at radius 2 is 1.77 bits per heavy atom. The minimum atomic E-state index is -0.568. The van der Waals surface area contributed by atoms with Crippen molar-refractivity contribution in [3.63, 3.8) is 0 Å². The highest BCUT2D eigenvalue weighted by Gasteiger charge is 2.34. The van der Waals surface area contributed by atoms with E-state index in [4.69, 9.17) is 18.9 Å². The zero-order chi connectivity index (χ0) is 28.4. The summed E-state index contributed by atoms with van der Waals surface area (Å²) in [7, 11) is 1.66. The van der Waals surface area contributed by atoms with Crippen molar-refractivity contribution in [2.75, 3.05) is 33.4 Å². The number of likely N-dealkylation sites (tertiary alicyclic amines) is 1. The molecule has 2 amide bonds. The first-order valence-electron chi connectivity index (χ1n) is 13.8. The lowest BCUT2D eigenvalue weighted by molar-refractivity contribution is 0.00751. The lowest BCUT2D eigenvalue weighted by atomic mass is 10.0. The minimum absolute atomic E-state index is 0.0545. The average molecular weight is 541 g/mol. The number of amides is 2. The first-order valence-corrected chi connectivity index (χ1v) is 13.8. The van der Waals surface area contributed by atoms with Crippen LogP contribution in [0.25, 0.3) is 0 Å². The van der Waals surface area contributed by atoms with Gasteiger partial charge in [-0.2, -0.15) is 0 Å². The van der Waals surface area contributed by atoms with Gasteiger partial charge in [-0.15, -0.1) is 0 Å². The van der Waals surface area contributed by atoms with Crippen molar-refractivity contribution in [3.05, 3.63) is 59.7 Å². The van der Waals surface area contributed by atoms with Gasteiger partial charge in [-0.25, -0.2) is 4.79 Å². The van der Waals surface area contributed by atoms with Crippen molar-refractivity contribution in [2.24, 2.45) is 0 Å². The Bertz CT molecular complexity index is 1070. The molecule has 39 heavy (non-hydrogen) atoms. The number of benzene rings is 2. The number of piperidine rings is 1. The second kappa shape index (κ2) is 14.2. The molecule has 1 heterocycles. The highest BCUT2D eigenvalue weighted by molar-refractivity contribution is 5.95. The third-order valence-electron chi connectivity index (χ3n) is 6.41. The molecule has 0 aliphatic carbocycles. The molecule has 1 aliphatic rings. The van der Waals surface area contributed by atoms with Crippen LogP contribution in [0.4, 0.5) is 4.79 Å². The van der Waals surface area contributed by atoms with E-state index in [2.05, 4.69) is 0 Å². The van der Waals surface area contributed by atoms with E-state index in [0.717, 1.165) is 18.4 Å². The molecular weight excluding hydrogens is 496 g/mol. The van der Waals surface area contributed by atoms with Crippen LogP contribution in [-0.4, -0.2) is 72.9 Å². The van der Waals surface area contributed by atoms with E-state index in [0.29, 0.717) is 56.4 Å². The molecule has 0 saturated carbocycles. The summed E-state index contributed by atoms with van der Waals surface area (Å²) in [5, 5.41) is 0. The lowest BCUT2D eigenvalue weighted by Crippen LogP contribution is -2.54. The van der Waals surface area contributed by atoms with Gasteiger partial charge in [-0.05, 0) is 71.2 Å². The van der Waals surface area contributed by atoms with E-state index in [9.17, 15) is 9.59 Å². The maximum Gasteiger partial charge on any atom is 0.410 e. The van der Waals surface area contributed by atoms with Crippen LogP contribution >= 0.6 is 0 Å². The molecule has 0 spiro atoms. The zero-order valence-electron chi connectivity index (χ0n) is 24.3. The van der Waals surface area contributed by atoms with Gasteiger partial charge in [0.1, 0.15) is 12.2 Å². The monoisotopic (exact) mass is 540 g/mol. The van der Waals surface area contributed by atoms with Crippen LogP contribution in [0, 0.1) is 0 Å². The fourth-order valence-corrected chi connectivity index (χ4v) is 4.64. The summed E-state index contributed by atoms with van der Waals surface area (Å²) in [6.07, 6.45) is 2.01. The third kappa shape index (κ3) is 9.17. The van der Waals surface area contributed by atoms with Crippen molar-refractivity contribution < 1.29 is 28.5 Å². The standard InChI is InChI=1S/C31H44N2O6/c1-23(2)33(26-14-10-17-32(21-26)30(35)39-31(3,4)5)29(34)25-15-16-27(28(20-25)37-19-11-18-36-6)38-22-24-12-8-7-9-13-24/h7-9,12-13,15-16,20,23,26H,10-11,14,17-19,21-22H2,1-6H3/t26-/m1/s1. The molecule has 0 radical (unpaired) electrons. The molecule has 2 aromatic rings. The summed E-state index contributed by atoms with van der Waals surface area (Å²) in [4.78, 5) is 30.2. The first kappa shape index (κ1) is 30.3. The highest BCUT2D eigenvalue weighted by atomic mass is 16.6. The molecular formula is C31H44N2O6. The van der Waals surface area contributed by atoms with Gasteiger partial charge >= 0.3 is 6.09 Å². The summed E-state index contributed by atoms with van der Waals surface area (Å²) >= 11 is 0. The SMILES string of the molecule is COCCCOc1cc(C(=O)N(C(C)C)[C@@H]2CCCN(C(=O)OC(C)(C)C)C2)ccc1OCc1ccccc1. The molecule has 3 rings (SSSR count). The van der Waals surface area contributed by atoms with E-state index >= 15 is 0 Å². The minimum Gasteiger partial charge on any atom is -0.490 e. The molecule has 214 valence electrons. The molecule has 0 aromatic heterocycles. The normalized spacial score (nSPS) is 15.7. The number of carbonyl (C=O) groups excluding carboxylic acids is 2. The molecule has 1 atom stereocenters. The molecule has 0 bridgehead atoms. The molecule has 0 N–H and O–H groups in total. The fraction of sp³-hybridized carbons (Fsp3) is 0.548. The van der Waals surface area contributed by atoms with E-state index in [1.54, 1.807) is 30.2 Å². The van der Waals surface area contributed by atoms with Gasteiger partial charge in [0.25, 0.3) is 5.91 Å². The van der Waals surface area contributed by atoms with Gasteiger partial charge in [0.05, 0.1) is 12.6 Å². The van der Waals surface area contributed by atoms with Crippen molar-refractivity contribution in [3.8, 4) is 11.5 Å². The van der Waals surface area contributed by atoms with Crippen LogP contribution < -0.4 is 9.47 Å². The Balaban J connectivity index is 1.79. The van der Waals surface area contributed by atoms with Crippen molar-refractivity contribution in [2.45, 2.75) is 78.2 Å². The number of hydrogen-bond acceptors (Lipinski definition) is 6. The van der Waals surface area contributed by atoms with Crippen LogP contribution in [0.1, 0.15) is 69.8 Å². The largest absolute Gasteiger partial charge is 0.490 e. The summed E-state index contributed by atoms with van der Waals surface area (Å²) in [6, 6.07) is 15.1. The predicted octanol–water partition coefficient (Wildman–Crippen LogP) is 5.93. The maximum atomic E-state index is 13.9. The molecule has 2 aromatic carbocycles. The van der Waals surface area contributed by atoms with E-state index < -0.39 is 5.60 Å². The molecule has 8 heteroatoms. The van der Waals surface area contributed by atoms with Crippen LogP contribution in [-0.2, 0) is 16.1 Å². The Labute approximate surface area is 233 Å². The molecule has 1 aliphatic heterocycles. The summed E-state index contributed by atoms with van der Waals surface area (Å²) in [5.74, 6) is 1.01. The van der Waals surface area contributed by atoms with Crippen LogP contribution in [0.5, 0.6) is 11.5 Å². The maximum absolute atomic E-state index is 13.9. The van der Waals surface area contributed by atoms with E-state index in [1.807, 2.05) is 69.9 Å². The summed E-state index contributed by atoms with van der Waals surface area (Å²) in [6.45, 7) is 12.1. The van der Waals surface area contributed by atoms with Crippen LogP contribution in [0.15, 0.2) is 48.5 Å². The van der Waals surface area contributed by atoms with Crippen molar-refractivity contribution in [1.82, 2.24) is 9.80 Å². The van der Waals surface area contributed by atoms with E-state index in [-0.39, 0.29) is 24.1 Å². The Morgan fingerprint density at radius 3 is 2.44 bits per heavy atom. The number of methoxy groups -OCH3 is 1. The second-order valence-electron chi connectivity index (χ2n) is 11.2. The third-order valence-corrected chi connectivity index (χ3v) is 6.41. The van der Waals surface area contributed by atoms with Gasteiger partial charge in [-0.1, -0.05) is 30.3 Å². The average Bonchev–Trinajstić information content (AvgIpc) is 2.90. The number of hydrogen-bond donors (Lipinski definition) is 0. The van der Waals surface area contributed by atoms with E-state index in [1.165, 1.54) is 0 Å². The van der Waals surface area contributed by atoms with Crippen LogP contribution in [0.2, 0.25) is 0 Å². The van der Waals surface area contributed by atoms with Gasteiger partial charge < -0.3 is 28.7 Å². The first-order chi connectivity index (χ1) is 18.6. The topological polar surface area (TPSA) is 77.5 Å². The quantitative estimate of drug-likeness (QED) is 0.329. The van der Waals surface area contributed by atoms with Gasteiger partial charge in [0, 0.05) is 44.8 Å². The van der Waals surface area contributed by atoms with Crippen molar-refractivity contribution in [1.29, 1.82) is 0 Å². The zero-order valence-corrected chi connectivity index (χ0v) is 24.3. The van der Waals surface area contributed by atoms with Gasteiger partial charge in [-0.3, -0.25) is 4.79 Å². The lowest BCUT2D eigenvalue weighted by Gasteiger charge is -2.41. The smallest absolute Gasteiger partial charge is 0.410 e. The number of carbonyl (C=O) groups is 2. The number of rotatable bonds is 11. The highest BCUT2D eigenvalue weighted by Crippen LogP contribution is 2.31. The van der Waals surface area contributed by atoms with Crippen LogP contribution in [0.3, 0.4) is 0 Å². The Kier molecular flexibility index (Phi) is 11.0. The second-order valence-corrected chi connectivity index (χ2v) is 11.2. The number of ether oxygens (including phenoxy) is 4. The summed E-state index contributed by atoms with van der Waals surface area (Å²) < 4.78 is 22.9. The van der Waals surface area contributed by atoms with Gasteiger partial charge in [0.2, 0.25) is 0 Å². The van der Waals surface area contributed by atoms with Gasteiger partial charge in [0.15, 0.2) is 11.5 Å².